The van der Waals surface area contributed by atoms with Gasteiger partial charge in [0.15, 0.2) is 6.61 Å². The quantitative estimate of drug-likeness (QED) is 0.914. The van der Waals surface area contributed by atoms with Crippen molar-refractivity contribution in [3.05, 3.63) is 29.8 Å². The van der Waals surface area contributed by atoms with Crippen LogP contribution in [0.1, 0.15) is 25.3 Å². The van der Waals surface area contributed by atoms with Gasteiger partial charge in [0.2, 0.25) is 5.91 Å². The molecule has 0 unspecified atom stereocenters. The van der Waals surface area contributed by atoms with E-state index >= 15 is 0 Å². The monoisotopic (exact) mass is 290 g/mol. The fourth-order valence-electron chi connectivity index (χ4n) is 2.47. The fourth-order valence-corrected chi connectivity index (χ4v) is 2.47. The minimum absolute atomic E-state index is 0.0256. The standard InChI is InChI=1S/C16H22N2O3/c1-12-5-3-4-6-15(12)21-11-16(20)17-14-7-9-18(10-8-14)13(2)19/h3-6,14H,7-11H2,1-2H3,(H,17,20). The van der Waals surface area contributed by atoms with Crippen molar-refractivity contribution in [2.24, 2.45) is 0 Å². The highest BCUT2D eigenvalue weighted by atomic mass is 16.5. The number of amides is 2. The summed E-state index contributed by atoms with van der Waals surface area (Å²) in [6.45, 7) is 4.97. The molecular formula is C16H22N2O3. The molecule has 1 aromatic rings. The summed E-state index contributed by atoms with van der Waals surface area (Å²) in [6.07, 6.45) is 1.60. The van der Waals surface area contributed by atoms with Gasteiger partial charge in [-0.3, -0.25) is 9.59 Å². The second-order valence-corrected chi connectivity index (χ2v) is 5.40. The van der Waals surface area contributed by atoms with Gasteiger partial charge >= 0.3 is 0 Å². The summed E-state index contributed by atoms with van der Waals surface area (Å²) in [5, 5.41) is 2.97. The highest BCUT2D eigenvalue weighted by Gasteiger charge is 2.21. The van der Waals surface area contributed by atoms with E-state index < -0.39 is 0 Å². The number of rotatable bonds is 4. The van der Waals surface area contributed by atoms with Crippen LogP contribution in [0.25, 0.3) is 0 Å². The van der Waals surface area contributed by atoms with Crippen LogP contribution in [0.15, 0.2) is 24.3 Å². The lowest BCUT2D eigenvalue weighted by Crippen LogP contribution is -2.47. The first kappa shape index (κ1) is 15.4. The van der Waals surface area contributed by atoms with E-state index in [-0.39, 0.29) is 24.5 Å². The molecule has 0 saturated carbocycles. The Kier molecular flexibility index (Phi) is 5.20. The summed E-state index contributed by atoms with van der Waals surface area (Å²) < 4.78 is 5.52. The highest BCUT2D eigenvalue weighted by molar-refractivity contribution is 5.78. The summed E-state index contributed by atoms with van der Waals surface area (Å²) in [6, 6.07) is 7.76. The number of carbonyl (C=O) groups excluding carboxylic acids is 2. The third-order valence-electron chi connectivity index (χ3n) is 3.76. The molecule has 0 aliphatic carbocycles. The summed E-state index contributed by atoms with van der Waals surface area (Å²) in [7, 11) is 0. The lowest BCUT2D eigenvalue weighted by molar-refractivity contribution is -0.130. The molecule has 5 nitrogen and oxygen atoms in total. The molecule has 5 heteroatoms. The number of benzene rings is 1. The van der Waals surface area contributed by atoms with Gasteiger partial charge in [0.05, 0.1) is 0 Å². The highest BCUT2D eigenvalue weighted by Crippen LogP contribution is 2.16. The number of carbonyl (C=O) groups is 2. The molecule has 1 aromatic carbocycles. The van der Waals surface area contributed by atoms with Gasteiger partial charge in [-0.15, -0.1) is 0 Å². The number of likely N-dealkylation sites (tertiary alicyclic amines) is 1. The third-order valence-corrected chi connectivity index (χ3v) is 3.76. The van der Waals surface area contributed by atoms with E-state index in [1.807, 2.05) is 36.1 Å². The minimum atomic E-state index is -0.112. The van der Waals surface area contributed by atoms with Crippen molar-refractivity contribution in [1.29, 1.82) is 0 Å². The number of hydrogen-bond donors (Lipinski definition) is 1. The second kappa shape index (κ2) is 7.11. The summed E-state index contributed by atoms with van der Waals surface area (Å²) in [5.74, 6) is 0.723. The van der Waals surface area contributed by atoms with Crippen molar-refractivity contribution in [3.8, 4) is 5.75 Å². The maximum atomic E-state index is 11.9. The molecule has 0 radical (unpaired) electrons. The smallest absolute Gasteiger partial charge is 0.258 e. The van der Waals surface area contributed by atoms with Gasteiger partial charge in [0.1, 0.15) is 5.75 Å². The van der Waals surface area contributed by atoms with Gasteiger partial charge in [-0.1, -0.05) is 18.2 Å². The Hall–Kier alpha value is -2.04. The summed E-state index contributed by atoms with van der Waals surface area (Å²) in [5.41, 5.74) is 1.01. The average molecular weight is 290 g/mol. The van der Waals surface area contributed by atoms with Gasteiger partial charge < -0.3 is 15.0 Å². The third kappa shape index (κ3) is 4.48. The molecule has 1 N–H and O–H groups in total. The zero-order valence-electron chi connectivity index (χ0n) is 12.6. The molecule has 1 saturated heterocycles. The molecule has 0 atom stereocenters. The largest absolute Gasteiger partial charge is 0.484 e. The van der Waals surface area contributed by atoms with Crippen LogP contribution >= 0.6 is 0 Å². The van der Waals surface area contributed by atoms with Crippen molar-refractivity contribution in [1.82, 2.24) is 10.2 Å². The molecule has 0 spiro atoms. The van der Waals surface area contributed by atoms with E-state index in [1.54, 1.807) is 6.92 Å². The summed E-state index contributed by atoms with van der Waals surface area (Å²) in [4.78, 5) is 24.9. The second-order valence-electron chi connectivity index (χ2n) is 5.40. The Morgan fingerprint density at radius 2 is 1.95 bits per heavy atom. The fraction of sp³-hybridized carbons (Fsp3) is 0.500. The maximum absolute atomic E-state index is 11.9. The molecule has 1 aliphatic heterocycles. The van der Waals surface area contributed by atoms with Crippen LogP contribution in [-0.2, 0) is 9.59 Å². The zero-order valence-corrected chi connectivity index (χ0v) is 12.6. The SMILES string of the molecule is CC(=O)N1CCC(NC(=O)COc2ccccc2C)CC1. The number of nitrogens with zero attached hydrogens (tertiary/aromatic N) is 1. The molecule has 114 valence electrons. The van der Waals surface area contributed by atoms with Gasteiger partial charge in [-0.2, -0.15) is 0 Å². The van der Waals surface area contributed by atoms with Crippen LogP contribution in [0, 0.1) is 6.92 Å². The molecule has 21 heavy (non-hydrogen) atoms. The lowest BCUT2D eigenvalue weighted by Gasteiger charge is -2.31. The first-order valence-electron chi connectivity index (χ1n) is 7.29. The average Bonchev–Trinajstić information content (AvgIpc) is 2.47. The van der Waals surface area contributed by atoms with Crippen LogP contribution in [0.2, 0.25) is 0 Å². The topological polar surface area (TPSA) is 58.6 Å². The van der Waals surface area contributed by atoms with Crippen LogP contribution in [0.4, 0.5) is 0 Å². The number of hydrogen-bond acceptors (Lipinski definition) is 3. The first-order chi connectivity index (χ1) is 10.1. The predicted octanol–water partition coefficient (Wildman–Crippen LogP) is 1.50. The molecule has 0 aromatic heterocycles. The summed E-state index contributed by atoms with van der Waals surface area (Å²) >= 11 is 0. The molecule has 1 fully saturated rings. The van der Waals surface area contributed by atoms with Crippen LogP contribution in [0.3, 0.4) is 0 Å². The Labute approximate surface area is 125 Å². The van der Waals surface area contributed by atoms with Crippen molar-refractivity contribution >= 4 is 11.8 Å². The Morgan fingerprint density at radius 1 is 1.29 bits per heavy atom. The van der Waals surface area contributed by atoms with Crippen LogP contribution < -0.4 is 10.1 Å². The van der Waals surface area contributed by atoms with Crippen molar-refractivity contribution < 1.29 is 14.3 Å². The van der Waals surface area contributed by atoms with Crippen LogP contribution in [-0.4, -0.2) is 42.5 Å². The van der Waals surface area contributed by atoms with Gasteiger partial charge in [-0.25, -0.2) is 0 Å². The Bertz CT molecular complexity index is 508. The minimum Gasteiger partial charge on any atom is -0.484 e. The molecular weight excluding hydrogens is 268 g/mol. The van der Waals surface area contributed by atoms with Gasteiger partial charge in [0, 0.05) is 26.1 Å². The number of para-hydroxylation sites is 1. The molecule has 0 bridgehead atoms. The van der Waals surface area contributed by atoms with Gasteiger partial charge in [0.25, 0.3) is 5.91 Å². The Morgan fingerprint density at radius 3 is 2.57 bits per heavy atom. The van der Waals surface area contributed by atoms with Crippen molar-refractivity contribution in [3.63, 3.8) is 0 Å². The number of aryl methyl sites for hydroxylation is 1. The van der Waals surface area contributed by atoms with E-state index in [1.165, 1.54) is 0 Å². The number of ether oxygens (including phenoxy) is 1. The van der Waals surface area contributed by atoms with E-state index in [4.69, 9.17) is 4.74 Å². The molecule has 1 aliphatic rings. The number of piperidine rings is 1. The lowest BCUT2D eigenvalue weighted by atomic mass is 10.1. The van der Waals surface area contributed by atoms with Crippen LogP contribution in [0.5, 0.6) is 5.75 Å². The number of nitrogens with one attached hydrogen (secondary N) is 1. The first-order valence-corrected chi connectivity index (χ1v) is 7.29. The van der Waals surface area contributed by atoms with E-state index in [2.05, 4.69) is 5.32 Å². The normalized spacial score (nSPS) is 15.6. The zero-order chi connectivity index (χ0) is 15.2. The Balaban J connectivity index is 1.73. The predicted molar refractivity (Wildman–Crippen MR) is 80.1 cm³/mol. The van der Waals surface area contributed by atoms with Gasteiger partial charge in [-0.05, 0) is 31.4 Å². The van der Waals surface area contributed by atoms with E-state index in [9.17, 15) is 9.59 Å². The maximum Gasteiger partial charge on any atom is 0.258 e. The molecule has 2 amide bonds. The molecule has 2 rings (SSSR count). The van der Waals surface area contributed by atoms with E-state index in [0.717, 1.165) is 24.2 Å². The van der Waals surface area contributed by atoms with Crippen molar-refractivity contribution in [2.45, 2.75) is 32.7 Å². The van der Waals surface area contributed by atoms with E-state index in [0.29, 0.717) is 13.1 Å². The molecule has 1 heterocycles. The van der Waals surface area contributed by atoms with Crippen molar-refractivity contribution in [2.75, 3.05) is 19.7 Å².